The normalized spacial score (nSPS) is 20.4. The highest BCUT2D eigenvalue weighted by Gasteiger charge is 2.32. The average Bonchev–Trinajstić information content (AvgIpc) is 1.96. The molecule has 1 saturated heterocycles. The largest absolute Gasteiger partial charge is 0.401 e. The minimum atomic E-state index is -4.08. The van der Waals surface area contributed by atoms with Gasteiger partial charge in [-0.25, -0.2) is 0 Å². The number of hydrogen-bond acceptors (Lipinski definition) is 2. The van der Waals surface area contributed by atoms with Crippen LogP contribution in [0, 0.1) is 11.8 Å². The Balaban J connectivity index is 2.31. The van der Waals surface area contributed by atoms with Crippen LogP contribution < -0.4 is 5.32 Å². The predicted octanol–water partition coefficient (Wildman–Crippen LogP) is 1.73. The highest BCUT2D eigenvalue weighted by Crippen LogP contribution is 2.20. The second-order valence-electron chi connectivity index (χ2n) is 4.34. The third-order valence-corrected chi connectivity index (χ3v) is 3.01. The fourth-order valence-corrected chi connectivity index (χ4v) is 1.83. The molecule has 1 aliphatic rings. The molecule has 1 atom stereocenters. The number of rotatable bonds is 5. The van der Waals surface area contributed by atoms with Gasteiger partial charge in [-0.05, 0) is 31.5 Å². The van der Waals surface area contributed by atoms with Gasteiger partial charge in [0.1, 0.15) is 0 Å². The van der Waals surface area contributed by atoms with Crippen LogP contribution in [0.2, 0.25) is 0 Å². The molecule has 1 unspecified atom stereocenters. The molecule has 0 spiro atoms. The molecular formula is C10H19F3N2. The molecule has 1 fully saturated rings. The molecule has 1 N–H and O–H groups in total. The first-order valence-electron chi connectivity index (χ1n) is 5.42. The van der Waals surface area contributed by atoms with Crippen molar-refractivity contribution in [1.29, 1.82) is 0 Å². The van der Waals surface area contributed by atoms with E-state index in [0.717, 1.165) is 13.1 Å². The molecular weight excluding hydrogens is 205 g/mol. The summed E-state index contributed by atoms with van der Waals surface area (Å²) in [7, 11) is 0. The summed E-state index contributed by atoms with van der Waals surface area (Å²) in [5, 5.41) is 3.14. The van der Waals surface area contributed by atoms with Gasteiger partial charge in [0.15, 0.2) is 0 Å². The number of nitrogens with zero attached hydrogens (tertiary/aromatic N) is 1. The van der Waals surface area contributed by atoms with E-state index in [0.29, 0.717) is 24.9 Å². The van der Waals surface area contributed by atoms with Crippen molar-refractivity contribution in [3.8, 4) is 0 Å². The van der Waals surface area contributed by atoms with E-state index >= 15 is 0 Å². The molecule has 5 heteroatoms. The Bertz CT molecular complexity index is 190. The Hall–Kier alpha value is -0.290. The molecule has 0 aliphatic carbocycles. The van der Waals surface area contributed by atoms with Gasteiger partial charge in [0.05, 0.1) is 6.54 Å². The smallest absolute Gasteiger partial charge is 0.316 e. The van der Waals surface area contributed by atoms with Gasteiger partial charge in [-0.2, -0.15) is 13.2 Å². The van der Waals surface area contributed by atoms with Crippen molar-refractivity contribution in [2.45, 2.75) is 20.0 Å². The maximum atomic E-state index is 12.2. The van der Waals surface area contributed by atoms with Gasteiger partial charge >= 0.3 is 6.18 Å². The van der Waals surface area contributed by atoms with E-state index in [9.17, 15) is 13.2 Å². The van der Waals surface area contributed by atoms with Crippen molar-refractivity contribution in [2.24, 2.45) is 11.8 Å². The molecule has 1 rings (SSSR count). The van der Waals surface area contributed by atoms with Crippen molar-refractivity contribution < 1.29 is 13.2 Å². The lowest BCUT2D eigenvalue weighted by Gasteiger charge is -2.35. The molecule has 1 aliphatic heterocycles. The van der Waals surface area contributed by atoms with E-state index in [4.69, 9.17) is 0 Å². The Labute approximate surface area is 88.8 Å². The average molecular weight is 224 g/mol. The van der Waals surface area contributed by atoms with Gasteiger partial charge in [0.2, 0.25) is 0 Å². The Morgan fingerprint density at radius 3 is 2.33 bits per heavy atom. The Kier molecular flexibility index (Phi) is 4.40. The monoisotopic (exact) mass is 224 g/mol. The van der Waals surface area contributed by atoms with Gasteiger partial charge in [-0.1, -0.05) is 13.8 Å². The van der Waals surface area contributed by atoms with Crippen LogP contribution in [0.25, 0.3) is 0 Å². The lowest BCUT2D eigenvalue weighted by Crippen LogP contribution is -2.49. The summed E-state index contributed by atoms with van der Waals surface area (Å²) < 4.78 is 36.6. The van der Waals surface area contributed by atoms with Gasteiger partial charge in [-0.3, -0.25) is 4.90 Å². The van der Waals surface area contributed by atoms with E-state index in [1.807, 2.05) is 6.92 Å². The summed E-state index contributed by atoms with van der Waals surface area (Å²) in [6, 6.07) is 0. The molecule has 2 nitrogen and oxygen atoms in total. The van der Waals surface area contributed by atoms with Crippen molar-refractivity contribution in [3.05, 3.63) is 0 Å². The van der Waals surface area contributed by atoms with Crippen molar-refractivity contribution in [2.75, 3.05) is 32.7 Å². The topological polar surface area (TPSA) is 15.3 Å². The van der Waals surface area contributed by atoms with Gasteiger partial charge in [0, 0.05) is 6.54 Å². The number of alkyl halides is 3. The first kappa shape index (κ1) is 12.8. The van der Waals surface area contributed by atoms with Crippen LogP contribution in [0.15, 0.2) is 0 Å². The van der Waals surface area contributed by atoms with Crippen LogP contribution in [0.1, 0.15) is 13.8 Å². The molecule has 1 heterocycles. The summed E-state index contributed by atoms with van der Waals surface area (Å²) in [6.45, 7) is 5.93. The fraction of sp³-hybridized carbons (Fsp3) is 1.00. The first-order valence-corrected chi connectivity index (χ1v) is 5.42. The number of hydrogen-bond donors (Lipinski definition) is 1. The third-order valence-electron chi connectivity index (χ3n) is 3.01. The van der Waals surface area contributed by atoms with E-state index in [1.54, 1.807) is 6.92 Å². The van der Waals surface area contributed by atoms with Crippen LogP contribution in [0.4, 0.5) is 13.2 Å². The summed E-state index contributed by atoms with van der Waals surface area (Å²) in [6.07, 6.45) is -4.08. The second kappa shape index (κ2) is 5.16. The molecule has 0 aromatic carbocycles. The Morgan fingerprint density at radius 2 is 2.00 bits per heavy atom. The van der Waals surface area contributed by atoms with Crippen LogP contribution in [-0.4, -0.2) is 43.8 Å². The quantitative estimate of drug-likeness (QED) is 0.765. The highest BCUT2D eigenvalue weighted by molar-refractivity contribution is 4.81. The SMILES string of the molecule is CCN(CC(C)C1CNC1)CC(F)(F)F. The zero-order chi connectivity index (χ0) is 11.5. The number of nitrogens with one attached hydrogen (secondary N) is 1. The molecule has 0 aromatic rings. The van der Waals surface area contributed by atoms with Gasteiger partial charge in [0.25, 0.3) is 0 Å². The van der Waals surface area contributed by atoms with E-state index in [2.05, 4.69) is 5.32 Å². The standard InChI is InChI=1S/C10H19F3N2/c1-3-15(7-10(11,12)13)6-8(2)9-4-14-5-9/h8-9,14H,3-7H2,1-2H3. The van der Waals surface area contributed by atoms with Gasteiger partial charge < -0.3 is 5.32 Å². The molecule has 0 amide bonds. The summed E-state index contributed by atoms with van der Waals surface area (Å²) in [4.78, 5) is 1.48. The second-order valence-corrected chi connectivity index (χ2v) is 4.34. The maximum absolute atomic E-state index is 12.2. The minimum Gasteiger partial charge on any atom is -0.316 e. The van der Waals surface area contributed by atoms with E-state index in [1.165, 1.54) is 4.90 Å². The maximum Gasteiger partial charge on any atom is 0.401 e. The summed E-state index contributed by atoms with van der Waals surface area (Å²) in [5.41, 5.74) is 0. The lowest BCUT2D eigenvalue weighted by atomic mass is 9.88. The molecule has 0 bridgehead atoms. The van der Waals surface area contributed by atoms with Crippen molar-refractivity contribution >= 4 is 0 Å². The number of halogens is 3. The van der Waals surface area contributed by atoms with Crippen molar-refractivity contribution in [3.63, 3.8) is 0 Å². The summed E-state index contributed by atoms with van der Waals surface area (Å²) in [5.74, 6) is 0.890. The molecule has 0 aromatic heterocycles. The van der Waals surface area contributed by atoms with Crippen molar-refractivity contribution in [1.82, 2.24) is 10.2 Å². The Morgan fingerprint density at radius 1 is 1.40 bits per heavy atom. The fourth-order valence-electron chi connectivity index (χ4n) is 1.83. The van der Waals surface area contributed by atoms with E-state index < -0.39 is 12.7 Å². The molecule has 0 saturated carbocycles. The van der Waals surface area contributed by atoms with Gasteiger partial charge in [-0.15, -0.1) is 0 Å². The first-order chi connectivity index (χ1) is 6.92. The lowest BCUT2D eigenvalue weighted by molar-refractivity contribution is -0.147. The highest BCUT2D eigenvalue weighted by atomic mass is 19.4. The third kappa shape index (κ3) is 4.38. The zero-order valence-corrected chi connectivity index (χ0v) is 9.27. The zero-order valence-electron chi connectivity index (χ0n) is 9.27. The van der Waals surface area contributed by atoms with Crippen LogP contribution in [0.3, 0.4) is 0 Å². The van der Waals surface area contributed by atoms with Crippen LogP contribution >= 0.6 is 0 Å². The minimum absolute atomic E-state index is 0.341. The van der Waals surface area contributed by atoms with Crippen LogP contribution in [-0.2, 0) is 0 Å². The molecule has 90 valence electrons. The molecule has 0 radical (unpaired) electrons. The van der Waals surface area contributed by atoms with Crippen LogP contribution in [0.5, 0.6) is 0 Å². The molecule has 15 heavy (non-hydrogen) atoms. The predicted molar refractivity (Wildman–Crippen MR) is 53.7 cm³/mol. The summed E-state index contributed by atoms with van der Waals surface area (Å²) >= 11 is 0. The van der Waals surface area contributed by atoms with E-state index in [-0.39, 0.29) is 0 Å².